The molecule has 36 heavy (non-hydrogen) atoms. The molecule has 0 spiro atoms. The number of H-pyrrole nitrogens is 1. The highest BCUT2D eigenvalue weighted by Crippen LogP contribution is 2.29. The van der Waals surface area contributed by atoms with Crippen LogP contribution in [0.5, 0.6) is 0 Å². The lowest BCUT2D eigenvalue weighted by atomic mass is 9.84. The molecule has 1 aromatic heterocycles. The molecule has 4 nitrogen and oxygen atoms in total. The van der Waals surface area contributed by atoms with E-state index in [0.29, 0.717) is 10.0 Å². The molecule has 1 aliphatic carbocycles. The largest absolute Gasteiger partial charge is 0.358 e. The number of carbonyl (C=O) groups is 1. The molecule has 0 radical (unpaired) electrons. The summed E-state index contributed by atoms with van der Waals surface area (Å²) in [6.45, 7) is 3.62. The molecular weight excluding hydrogens is 489 g/mol. The summed E-state index contributed by atoms with van der Waals surface area (Å²) in [5.41, 5.74) is 3.49. The Kier molecular flexibility index (Phi) is 8.36. The van der Waals surface area contributed by atoms with E-state index in [9.17, 15) is 4.79 Å². The van der Waals surface area contributed by atoms with Crippen LogP contribution in [-0.2, 0) is 11.2 Å². The number of carbonyl (C=O) groups excluding carboxylic acids is 1. The standard InChI is InChI=1S/C30H35Cl2N3O/c31-27-11-7-21(18-28(27)32)8-12-30(36)34-25-9-5-23(6-10-25)20-35-15-13-22(14-16-35)17-26-19-24-3-1-2-4-29(24)33-26/h1-4,7-8,11-12,18-19,22-23,25,33H,5-6,9-10,13-17,20H2,(H,34,36)/b12-8+. The number of benzene rings is 2. The molecule has 2 aliphatic rings. The number of nitrogens with one attached hydrogen (secondary N) is 2. The zero-order valence-electron chi connectivity index (χ0n) is 20.7. The van der Waals surface area contributed by atoms with Crippen molar-refractivity contribution in [1.29, 1.82) is 0 Å². The highest BCUT2D eigenvalue weighted by molar-refractivity contribution is 6.42. The number of hydrogen-bond acceptors (Lipinski definition) is 2. The summed E-state index contributed by atoms with van der Waals surface area (Å²) in [5.74, 6) is 1.48. The van der Waals surface area contributed by atoms with E-state index in [1.807, 2.05) is 6.07 Å². The van der Waals surface area contributed by atoms with E-state index in [2.05, 4.69) is 45.5 Å². The molecule has 5 rings (SSSR count). The maximum atomic E-state index is 12.4. The topological polar surface area (TPSA) is 48.1 Å². The van der Waals surface area contributed by atoms with Gasteiger partial charge in [-0.05, 0) is 111 Å². The Balaban J connectivity index is 1.00. The SMILES string of the molecule is O=C(/C=C/c1ccc(Cl)c(Cl)c1)NC1CCC(CN2CCC(Cc3cc4ccccc4[nH]3)CC2)CC1. The van der Waals surface area contributed by atoms with Crippen LogP contribution in [0, 0.1) is 11.8 Å². The molecule has 2 N–H and O–H groups in total. The second kappa shape index (κ2) is 11.9. The molecule has 0 bridgehead atoms. The normalized spacial score (nSPS) is 21.8. The summed E-state index contributed by atoms with van der Waals surface area (Å²) in [4.78, 5) is 18.7. The quantitative estimate of drug-likeness (QED) is 0.324. The number of aromatic nitrogens is 1. The van der Waals surface area contributed by atoms with Gasteiger partial charge in [0, 0.05) is 29.9 Å². The van der Waals surface area contributed by atoms with Gasteiger partial charge in [-0.25, -0.2) is 0 Å². The van der Waals surface area contributed by atoms with Crippen molar-refractivity contribution >= 4 is 46.1 Å². The van der Waals surface area contributed by atoms with Gasteiger partial charge in [0.2, 0.25) is 5.91 Å². The number of rotatable bonds is 7. The Labute approximate surface area is 224 Å². The summed E-state index contributed by atoms with van der Waals surface area (Å²) in [6.07, 6.45) is 11.6. The van der Waals surface area contributed by atoms with Crippen LogP contribution in [-0.4, -0.2) is 41.5 Å². The van der Waals surface area contributed by atoms with E-state index >= 15 is 0 Å². The fourth-order valence-electron chi connectivity index (χ4n) is 5.82. The Morgan fingerprint density at radius 2 is 1.72 bits per heavy atom. The van der Waals surface area contributed by atoms with Gasteiger partial charge in [-0.2, -0.15) is 0 Å². The number of aromatic amines is 1. The molecule has 1 aliphatic heterocycles. The van der Waals surface area contributed by atoms with E-state index < -0.39 is 0 Å². The number of likely N-dealkylation sites (tertiary alicyclic amines) is 1. The van der Waals surface area contributed by atoms with Crippen LogP contribution in [0.3, 0.4) is 0 Å². The van der Waals surface area contributed by atoms with Crippen molar-refractivity contribution in [2.75, 3.05) is 19.6 Å². The minimum absolute atomic E-state index is 0.0402. The monoisotopic (exact) mass is 523 g/mol. The first-order chi connectivity index (χ1) is 17.5. The smallest absolute Gasteiger partial charge is 0.244 e. The van der Waals surface area contributed by atoms with Crippen molar-refractivity contribution in [1.82, 2.24) is 15.2 Å². The average Bonchev–Trinajstić information content (AvgIpc) is 3.29. The molecule has 1 amide bonds. The Morgan fingerprint density at radius 3 is 2.47 bits per heavy atom. The Morgan fingerprint density at radius 1 is 0.944 bits per heavy atom. The summed E-state index contributed by atoms with van der Waals surface area (Å²) < 4.78 is 0. The van der Waals surface area contributed by atoms with E-state index in [-0.39, 0.29) is 11.9 Å². The third kappa shape index (κ3) is 6.73. The van der Waals surface area contributed by atoms with Gasteiger partial charge in [0.1, 0.15) is 0 Å². The second-order valence-electron chi connectivity index (χ2n) is 10.6. The van der Waals surface area contributed by atoms with Gasteiger partial charge >= 0.3 is 0 Å². The van der Waals surface area contributed by atoms with Gasteiger partial charge in [-0.15, -0.1) is 0 Å². The number of halogens is 2. The summed E-state index contributed by atoms with van der Waals surface area (Å²) >= 11 is 12.0. The fraction of sp³-hybridized carbons (Fsp3) is 0.433. The molecule has 2 heterocycles. The van der Waals surface area contributed by atoms with Crippen LogP contribution < -0.4 is 5.32 Å². The number of amides is 1. The maximum absolute atomic E-state index is 12.4. The summed E-state index contributed by atoms with van der Waals surface area (Å²) in [7, 11) is 0. The number of fused-ring (bicyclic) bond motifs is 1. The van der Waals surface area contributed by atoms with Crippen LogP contribution in [0.4, 0.5) is 0 Å². The molecule has 1 saturated carbocycles. The van der Waals surface area contributed by atoms with Crippen LogP contribution in [0.25, 0.3) is 17.0 Å². The van der Waals surface area contributed by atoms with Crippen LogP contribution in [0.2, 0.25) is 10.0 Å². The predicted molar refractivity (Wildman–Crippen MR) is 151 cm³/mol. The highest BCUT2D eigenvalue weighted by Gasteiger charge is 2.26. The third-order valence-electron chi connectivity index (χ3n) is 7.88. The van der Waals surface area contributed by atoms with Gasteiger partial charge in [0.15, 0.2) is 0 Å². The lowest BCUT2D eigenvalue weighted by Gasteiger charge is -2.36. The average molecular weight is 525 g/mol. The van der Waals surface area contributed by atoms with Gasteiger partial charge in [0.25, 0.3) is 0 Å². The van der Waals surface area contributed by atoms with Crippen molar-refractivity contribution in [3.8, 4) is 0 Å². The van der Waals surface area contributed by atoms with E-state index in [0.717, 1.165) is 36.7 Å². The molecular formula is C30H35Cl2N3O. The molecule has 0 unspecified atom stereocenters. The Hall–Kier alpha value is -2.27. The van der Waals surface area contributed by atoms with Crippen LogP contribution >= 0.6 is 23.2 Å². The van der Waals surface area contributed by atoms with Gasteiger partial charge in [-0.3, -0.25) is 4.79 Å². The first-order valence-electron chi connectivity index (χ1n) is 13.2. The maximum Gasteiger partial charge on any atom is 0.244 e. The minimum atomic E-state index is -0.0402. The summed E-state index contributed by atoms with van der Waals surface area (Å²) in [6, 6.07) is 16.5. The number of piperidine rings is 1. The first-order valence-corrected chi connectivity index (χ1v) is 14.0. The lowest BCUT2D eigenvalue weighted by molar-refractivity contribution is -0.117. The number of para-hydroxylation sites is 1. The van der Waals surface area contributed by atoms with Crippen molar-refractivity contribution in [3.63, 3.8) is 0 Å². The van der Waals surface area contributed by atoms with E-state index in [1.54, 1.807) is 24.3 Å². The van der Waals surface area contributed by atoms with E-state index in [1.165, 1.54) is 61.9 Å². The lowest BCUT2D eigenvalue weighted by Crippen LogP contribution is -2.41. The molecule has 1 saturated heterocycles. The van der Waals surface area contributed by atoms with Crippen molar-refractivity contribution in [3.05, 3.63) is 75.9 Å². The molecule has 2 aromatic carbocycles. The zero-order valence-corrected chi connectivity index (χ0v) is 22.2. The summed E-state index contributed by atoms with van der Waals surface area (Å²) in [5, 5.41) is 5.51. The minimum Gasteiger partial charge on any atom is -0.358 e. The highest BCUT2D eigenvalue weighted by atomic mass is 35.5. The van der Waals surface area contributed by atoms with Gasteiger partial charge in [0.05, 0.1) is 10.0 Å². The number of hydrogen-bond donors (Lipinski definition) is 2. The van der Waals surface area contributed by atoms with Crippen molar-refractivity contribution in [2.45, 2.75) is 51.0 Å². The van der Waals surface area contributed by atoms with Crippen molar-refractivity contribution in [2.24, 2.45) is 11.8 Å². The first kappa shape index (κ1) is 25.4. The molecule has 2 fully saturated rings. The molecule has 0 atom stereocenters. The van der Waals surface area contributed by atoms with Gasteiger partial charge in [-0.1, -0.05) is 47.5 Å². The Bertz CT molecular complexity index is 1170. The molecule has 6 heteroatoms. The second-order valence-corrected chi connectivity index (χ2v) is 11.4. The number of nitrogens with zero attached hydrogens (tertiary/aromatic N) is 1. The fourth-order valence-corrected chi connectivity index (χ4v) is 6.13. The molecule has 190 valence electrons. The van der Waals surface area contributed by atoms with E-state index in [4.69, 9.17) is 23.2 Å². The predicted octanol–water partition coefficient (Wildman–Crippen LogP) is 7.12. The van der Waals surface area contributed by atoms with Crippen molar-refractivity contribution < 1.29 is 4.79 Å². The molecule has 3 aromatic rings. The van der Waals surface area contributed by atoms with Crippen LogP contribution in [0.15, 0.2) is 54.6 Å². The van der Waals surface area contributed by atoms with Gasteiger partial charge < -0.3 is 15.2 Å². The third-order valence-corrected chi connectivity index (χ3v) is 8.62. The zero-order chi connectivity index (χ0) is 24.9. The van der Waals surface area contributed by atoms with Crippen LogP contribution in [0.1, 0.15) is 49.8 Å².